The molecule has 2 aromatic rings. The van der Waals surface area contributed by atoms with Crippen LogP contribution in [-0.4, -0.2) is 44.2 Å². The highest BCUT2D eigenvalue weighted by molar-refractivity contribution is 5.91. The van der Waals surface area contributed by atoms with E-state index in [2.05, 4.69) is 40.7 Å². The van der Waals surface area contributed by atoms with Gasteiger partial charge in [0.1, 0.15) is 6.10 Å². The monoisotopic (exact) mass is 389 g/mol. The smallest absolute Gasteiger partial charge is 0.280 e. The van der Waals surface area contributed by atoms with Crippen molar-refractivity contribution in [1.29, 1.82) is 0 Å². The van der Waals surface area contributed by atoms with E-state index in [0.29, 0.717) is 12.3 Å². The predicted molar refractivity (Wildman–Crippen MR) is 105 cm³/mol. The number of ether oxygens (including phenoxy) is 2. The predicted octanol–water partition coefficient (Wildman–Crippen LogP) is 2.23. The minimum absolute atomic E-state index is 0.0133. The molecule has 3 heterocycles. The number of H-pyrrole nitrogens is 1. The molecule has 1 amide bonds. The number of amides is 1. The van der Waals surface area contributed by atoms with Gasteiger partial charge in [0, 0.05) is 11.8 Å². The van der Waals surface area contributed by atoms with Gasteiger partial charge in [-0.1, -0.05) is 33.8 Å². The Morgan fingerprint density at radius 1 is 1.54 bits per heavy atom. The number of anilines is 1. The molecule has 1 aliphatic heterocycles. The van der Waals surface area contributed by atoms with Gasteiger partial charge in [0.15, 0.2) is 17.4 Å². The lowest BCUT2D eigenvalue weighted by atomic mass is 9.98. The first-order valence-electron chi connectivity index (χ1n) is 9.53. The van der Waals surface area contributed by atoms with E-state index in [-0.39, 0.29) is 41.4 Å². The number of carbonyl (C=O) groups excluding carboxylic acids is 1. The molecule has 9 nitrogen and oxygen atoms in total. The van der Waals surface area contributed by atoms with Crippen LogP contribution >= 0.6 is 0 Å². The van der Waals surface area contributed by atoms with Crippen LogP contribution in [0, 0.1) is 11.8 Å². The number of fused-ring (bicyclic) bond motifs is 1. The minimum Gasteiger partial charge on any atom is -0.369 e. The van der Waals surface area contributed by atoms with E-state index < -0.39 is 11.8 Å². The molecule has 0 aromatic carbocycles. The van der Waals surface area contributed by atoms with E-state index in [9.17, 15) is 9.59 Å². The van der Waals surface area contributed by atoms with Crippen LogP contribution < -0.4 is 10.9 Å². The number of aromatic amines is 1. The number of carbonyl (C=O) groups is 1. The molecule has 0 radical (unpaired) electrons. The molecule has 3 rings (SSSR count). The second kappa shape index (κ2) is 8.24. The van der Waals surface area contributed by atoms with E-state index in [4.69, 9.17) is 9.47 Å². The summed E-state index contributed by atoms with van der Waals surface area (Å²) < 4.78 is 13.9. The Kier molecular flexibility index (Phi) is 5.95. The van der Waals surface area contributed by atoms with Crippen molar-refractivity contribution in [1.82, 2.24) is 19.5 Å². The van der Waals surface area contributed by atoms with Crippen LogP contribution in [0.3, 0.4) is 0 Å². The van der Waals surface area contributed by atoms with Crippen LogP contribution in [0.5, 0.6) is 0 Å². The molecular formula is C19H27N5O4. The van der Waals surface area contributed by atoms with Crippen molar-refractivity contribution in [3.05, 3.63) is 29.3 Å². The fourth-order valence-corrected chi connectivity index (χ4v) is 3.39. The van der Waals surface area contributed by atoms with Crippen molar-refractivity contribution in [2.75, 3.05) is 11.9 Å². The third kappa shape index (κ3) is 3.72. The molecule has 0 bridgehead atoms. The molecule has 0 aliphatic carbocycles. The number of nitrogens with one attached hydrogen (secondary N) is 2. The average molecular weight is 389 g/mol. The molecule has 9 heteroatoms. The molecule has 4 atom stereocenters. The van der Waals surface area contributed by atoms with E-state index in [1.807, 2.05) is 0 Å². The zero-order chi connectivity index (χ0) is 20.4. The maximum atomic E-state index is 12.4. The number of rotatable bonds is 7. The highest BCUT2D eigenvalue weighted by Crippen LogP contribution is 2.38. The first-order valence-corrected chi connectivity index (χ1v) is 9.53. The SMILES string of the molecule is C=CCO[C@@H]1[C@H](C)[C@@H](CC)O[C@H]1n1cnc2c(=O)[nH]c(NC(=O)C(C)C)nc21. The average Bonchev–Trinajstić information content (AvgIpc) is 3.21. The summed E-state index contributed by atoms with van der Waals surface area (Å²) in [7, 11) is 0. The van der Waals surface area contributed by atoms with Gasteiger partial charge in [-0.05, 0) is 6.42 Å². The second-order valence-corrected chi connectivity index (χ2v) is 7.30. The van der Waals surface area contributed by atoms with Crippen molar-refractivity contribution in [2.45, 2.75) is 52.6 Å². The second-order valence-electron chi connectivity index (χ2n) is 7.30. The van der Waals surface area contributed by atoms with Crippen LogP contribution in [0.1, 0.15) is 40.3 Å². The largest absolute Gasteiger partial charge is 0.369 e. The van der Waals surface area contributed by atoms with Gasteiger partial charge in [-0.2, -0.15) is 4.98 Å². The van der Waals surface area contributed by atoms with Crippen molar-refractivity contribution in [3.63, 3.8) is 0 Å². The Bertz CT molecular complexity index is 919. The van der Waals surface area contributed by atoms with E-state index in [1.165, 1.54) is 6.33 Å². The van der Waals surface area contributed by atoms with Gasteiger partial charge in [0.2, 0.25) is 11.9 Å². The van der Waals surface area contributed by atoms with E-state index >= 15 is 0 Å². The number of aromatic nitrogens is 4. The lowest BCUT2D eigenvalue weighted by Crippen LogP contribution is -2.28. The third-order valence-electron chi connectivity index (χ3n) is 4.98. The van der Waals surface area contributed by atoms with Crippen molar-refractivity contribution < 1.29 is 14.3 Å². The molecule has 28 heavy (non-hydrogen) atoms. The maximum absolute atomic E-state index is 12.4. The third-order valence-corrected chi connectivity index (χ3v) is 4.98. The lowest BCUT2D eigenvalue weighted by molar-refractivity contribution is -0.118. The van der Waals surface area contributed by atoms with Crippen LogP contribution in [-0.2, 0) is 14.3 Å². The van der Waals surface area contributed by atoms with Gasteiger partial charge < -0.3 is 9.47 Å². The molecule has 0 saturated carbocycles. The summed E-state index contributed by atoms with van der Waals surface area (Å²) in [5.41, 5.74) is 0.0923. The highest BCUT2D eigenvalue weighted by atomic mass is 16.6. The summed E-state index contributed by atoms with van der Waals surface area (Å²) in [6, 6.07) is 0. The molecule has 1 fully saturated rings. The minimum atomic E-state index is -0.479. The van der Waals surface area contributed by atoms with Crippen LogP contribution in [0.2, 0.25) is 0 Å². The number of hydrogen-bond donors (Lipinski definition) is 2. The normalized spacial score (nSPS) is 24.8. The van der Waals surface area contributed by atoms with Crippen LogP contribution in [0.15, 0.2) is 23.8 Å². The Hall–Kier alpha value is -2.52. The van der Waals surface area contributed by atoms with Crippen LogP contribution in [0.25, 0.3) is 11.2 Å². The van der Waals surface area contributed by atoms with Gasteiger partial charge in [0.25, 0.3) is 5.56 Å². The summed E-state index contributed by atoms with van der Waals surface area (Å²) in [5, 5.41) is 2.62. The van der Waals surface area contributed by atoms with Gasteiger partial charge >= 0.3 is 0 Å². The maximum Gasteiger partial charge on any atom is 0.280 e. The summed E-state index contributed by atoms with van der Waals surface area (Å²) in [5.74, 6) is -0.251. The summed E-state index contributed by atoms with van der Waals surface area (Å²) in [6.45, 7) is 11.8. The van der Waals surface area contributed by atoms with Crippen molar-refractivity contribution in [3.8, 4) is 0 Å². The van der Waals surface area contributed by atoms with Gasteiger partial charge in [-0.3, -0.25) is 24.5 Å². The summed E-state index contributed by atoms with van der Waals surface area (Å²) >= 11 is 0. The number of imidazole rings is 1. The quantitative estimate of drug-likeness (QED) is 0.703. The van der Waals surface area contributed by atoms with E-state index in [1.54, 1.807) is 24.5 Å². The lowest BCUT2D eigenvalue weighted by Gasteiger charge is -2.22. The fourth-order valence-electron chi connectivity index (χ4n) is 3.39. The fraction of sp³-hybridized carbons (Fsp3) is 0.579. The Morgan fingerprint density at radius 3 is 2.93 bits per heavy atom. The molecule has 0 spiro atoms. The Balaban J connectivity index is 2.01. The topological polar surface area (TPSA) is 111 Å². The Morgan fingerprint density at radius 2 is 2.29 bits per heavy atom. The van der Waals surface area contributed by atoms with Gasteiger partial charge in [0.05, 0.1) is 19.0 Å². The first kappa shape index (κ1) is 20.2. The molecular weight excluding hydrogens is 362 g/mol. The Labute approximate surface area is 163 Å². The summed E-state index contributed by atoms with van der Waals surface area (Å²) in [6.07, 6.45) is 3.35. The van der Waals surface area contributed by atoms with Gasteiger partial charge in [-0.25, -0.2) is 4.98 Å². The van der Waals surface area contributed by atoms with Gasteiger partial charge in [-0.15, -0.1) is 6.58 Å². The van der Waals surface area contributed by atoms with E-state index in [0.717, 1.165) is 6.42 Å². The van der Waals surface area contributed by atoms with Crippen molar-refractivity contribution in [2.24, 2.45) is 11.8 Å². The highest BCUT2D eigenvalue weighted by Gasteiger charge is 2.43. The zero-order valence-electron chi connectivity index (χ0n) is 16.6. The molecule has 152 valence electrons. The molecule has 2 N–H and O–H groups in total. The molecule has 0 unspecified atom stereocenters. The van der Waals surface area contributed by atoms with Crippen LogP contribution in [0.4, 0.5) is 5.95 Å². The zero-order valence-corrected chi connectivity index (χ0v) is 16.6. The number of nitrogens with zero attached hydrogens (tertiary/aromatic N) is 3. The number of hydrogen-bond acceptors (Lipinski definition) is 6. The van der Waals surface area contributed by atoms with Crippen molar-refractivity contribution >= 4 is 23.0 Å². The molecule has 1 saturated heterocycles. The standard InChI is InChI=1S/C19H27N5O4/c1-6-8-27-14-11(5)12(7-2)28-18(14)24-9-20-13-15(24)21-19(23-17(13)26)22-16(25)10(3)4/h6,9-12,14,18H,1,7-8H2,2-5H3,(H2,21,22,23,25,26)/t11-,12-,14-,18-/m1/s1. The molecule has 2 aromatic heterocycles. The summed E-state index contributed by atoms with van der Waals surface area (Å²) in [4.78, 5) is 35.6. The molecule has 1 aliphatic rings. The first-order chi connectivity index (χ1) is 13.4.